The first kappa shape index (κ1) is 16.7. The van der Waals surface area contributed by atoms with Crippen LogP contribution in [-0.4, -0.2) is 26.5 Å². The number of esters is 1. The van der Waals surface area contributed by atoms with Crippen LogP contribution in [0.2, 0.25) is 0 Å². The van der Waals surface area contributed by atoms with E-state index in [4.69, 9.17) is 4.74 Å². The lowest BCUT2D eigenvalue weighted by molar-refractivity contribution is 0.0505. The molecular weight excluding hydrogens is 278 g/mol. The molecule has 1 rings (SSSR count). The van der Waals surface area contributed by atoms with Gasteiger partial charge in [-0.1, -0.05) is 6.92 Å². The second kappa shape index (κ2) is 6.37. The molecule has 0 aliphatic heterocycles. The van der Waals surface area contributed by atoms with E-state index in [1.165, 1.54) is 24.3 Å². The van der Waals surface area contributed by atoms with Gasteiger partial charge in [0, 0.05) is 5.54 Å². The molecule has 0 amide bonds. The molecule has 0 aromatic heterocycles. The van der Waals surface area contributed by atoms with Crippen LogP contribution < -0.4 is 4.72 Å². The summed E-state index contributed by atoms with van der Waals surface area (Å²) in [6, 6.07) is 5.71. The maximum absolute atomic E-state index is 12.1. The molecule has 0 aliphatic rings. The van der Waals surface area contributed by atoms with Gasteiger partial charge in [-0.15, -0.1) is 0 Å². The number of rotatable bonds is 5. The molecule has 6 heteroatoms. The summed E-state index contributed by atoms with van der Waals surface area (Å²) in [5.41, 5.74) is -0.217. The predicted molar refractivity (Wildman–Crippen MR) is 77.1 cm³/mol. The van der Waals surface area contributed by atoms with Crippen LogP contribution in [0.5, 0.6) is 0 Å². The van der Waals surface area contributed by atoms with E-state index >= 15 is 0 Å². The van der Waals surface area contributed by atoms with Gasteiger partial charge in [0.15, 0.2) is 0 Å². The number of hydrogen-bond acceptors (Lipinski definition) is 4. The Morgan fingerprint density at radius 3 is 2.20 bits per heavy atom. The van der Waals surface area contributed by atoms with Gasteiger partial charge >= 0.3 is 5.97 Å². The molecule has 0 unspecified atom stereocenters. The monoisotopic (exact) mass is 299 g/mol. The summed E-state index contributed by atoms with van der Waals surface area (Å²) < 4.78 is 31.7. The molecule has 112 valence electrons. The lowest BCUT2D eigenvalue weighted by Crippen LogP contribution is -2.40. The van der Waals surface area contributed by atoms with E-state index in [2.05, 4.69) is 4.72 Å². The van der Waals surface area contributed by atoms with Gasteiger partial charge in [0.25, 0.3) is 0 Å². The van der Waals surface area contributed by atoms with Crippen LogP contribution in [0.25, 0.3) is 0 Å². The molecule has 0 bridgehead atoms. The first-order valence-corrected chi connectivity index (χ1v) is 7.95. The van der Waals surface area contributed by atoms with Crippen LogP contribution in [0, 0.1) is 0 Å². The molecule has 0 saturated heterocycles. The molecule has 0 saturated carbocycles. The number of nitrogens with one attached hydrogen (secondary N) is 1. The molecule has 0 radical (unpaired) electrons. The third kappa shape index (κ3) is 4.94. The summed E-state index contributed by atoms with van der Waals surface area (Å²) in [7, 11) is -3.58. The highest BCUT2D eigenvalue weighted by Gasteiger charge is 2.22. The highest BCUT2D eigenvalue weighted by Crippen LogP contribution is 2.14. The van der Waals surface area contributed by atoms with Crippen molar-refractivity contribution in [1.29, 1.82) is 0 Å². The molecule has 1 aromatic rings. The van der Waals surface area contributed by atoms with E-state index in [0.717, 1.165) is 6.42 Å². The summed E-state index contributed by atoms with van der Waals surface area (Å²) in [4.78, 5) is 11.7. The fourth-order valence-electron chi connectivity index (χ4n) is 1.51. The molecular formula is C14H21NO4S. The number of carbonyl (C=O) groups is 1. The molecule has 0 fully saturated rings. The number of sulfonamides is 1. The maximum atomic E-state index is 12.1. The lowest BCUT2D eigenvalue weighted by atomic mass is 10.1. The number of carbonyl (C=O) groups excluding carboxylic acids is 1. The van der Waals surface area contributed by atoms with Gasteiger partial charge in [0.1, 0.15) is 0 Å². The Labute approximate surface area is 120 Å². The smallest absolute Gasteiger partial charge is 0.338 e. The Balaban J connectivity index is 2.89. The van der Waals surface area contributed by atoms with Crippen LogP contribution in [0.1, 0.15) is 44.5 Å². The van der Waals surface area contributed by atoms with Crippen molar-refractivity contribution in [2.45, 2.75) is 44.6 Å². The standard InChI is InChI=1S/C14H21NO4S/c1-5-10-19-13(16)11-6-8-12(9-7-11)20(17,18)15-14(2,3)4/h6-9,15H,5,10H2,1-4H3. The second-order valence-corrected chi connectivity index (χ2v) is 7.20. The average molecular weight is 299 g/mol. The molecule has 0 spiro atoms. The zero-order valence-electron chi connectivity index (χ0n) is 12.3. The summed E-state index contributed by atoms with van der Waals surface area (Å²) in [6.07, 6.45) is 0.744. The Bertz CT molecular complexity index is 556. The van der Waals surface area contributed by atoms with Crippen molar-refractivity contribution in [3.05, 3.63) is 29.8 Å². The van der Waals surface area contributed by atoms with Crippen LogP contribution in [0.4, 0.5) is 0 Å². The van der Waals surface area contributed by atoms with E-state index in [0.29, 0.717) is 12.2 Å². The first-order valence-electron chi connectivity index (χ1n) is 6.47. The molecule has 0 atom stereocenters. The van der Waals surface area contributed by atoms with Crippen LogP contribution in [0.3, 0.4) is 0 Å². The highest BCUT2D eigenvalue weighted by molar-refractivity contribution is 7.89. The molecule has 0 heterocycles. The number of benzene rings is 1. The van der Waals surface area contributed by atoms with Gasteiger partial charge in [0.05, 0.1) is 17.1 Å². The minimum Gasteiger partial charge on any atom is -0.462 e. The fraction of sp³-hybridized carbons (Fsp3) is 0.500. The van der Waals surface area contributed by atoms with Gasteiger partial charge in [-0.25, -0.2) is 17.9 Å². The van der Waals surface area contributed by atoms with Gasteiger partial charge in [-0.05, 0) is 51.5 Å². The molecule has 20 heavy (non-hydrogen) atoms. The van der Waals surface area contributed by atoms with Crippen molar-refractivity contribution in [2.75, 3.05) is 6.61 Å². The third-order valence-electron chi connectivity index (χ3n) is 2.28. The summed E-state index contributed by atoms with van der Waals surface area (Å²) in [5, 5.41) is 0. The summed E-state index contributed by atoms with van der Waals surface area (Å²) >= 11 is 0. The van der Waals surface area contributed by atoms with Crippen molar-refractivity contribution in [2.24, 2.45) is 0 Å². The molecule has 1 aromatic carbocycles. The van der Waals surface area contributed by atoms with Crippen molar-refractivity contribution < 1.29 is 17.9 Å². The van der Waals surface area contributed by atoms with E-state index < -0.39 is 21.5 Å². The largest absolute Gasteiger partial charge is 0.462 e. The Morgan fingerprint density at radius 2 is 1.75 bits per heavy atom. The van der Waals surface area contributed by atoms with Crippen LogP contribution in [-0.2, 0) is 14.8 Å². The minimum atomic E-state index is -3.58. The topological polar surface area (TPSA) is 72.5 Å². The van der Waals surface area contributed by atoms with Crippen molar-refractivity contribution in [1.82, 2.24) is 4.72 Å². The normalized spacial score (nSPS) is 12.2. The molecule has 5 nitrogen and oxygen atoms in total. The zero-order chi connectivity index (χ0) is 15.4. The van der Waals surface area contributed by atoms with Crippen LogP contribution in [0.15, 0.2) is 29.2 Å². The predicted octanol–water partition coefficient (Wildman–Crippen LogP) is 2.33. The zero-order valence-corrected chi connectivity index (χ0v) is 13.1. The fourth-order valence-corrected chi connectivity index (χ4v) is 2.93. The van der Waals surface area contributed by atoms with Crippen LogP contribution >= 0.6 is 0 Å². The Hall–Kier alpha value is -1.40. The van der Waals surface area contributed by atoms with E-state index in [1.807, 2.05) is 6.92 Å². The molecule has 1 N–H and O–H groups in total. The maximum Gasteiger partial charge on any atom is 0.338 e. The second-order valence-electron chi connectivity index (χ2n) is 5.52. The van der Waals surface area contributed by atoms with Gasteiger partial charge < -0.3 is 4.74 Å². The van der Waals surface area contributed by atoms with Crippen molar-refractivity contribution >= 4 is 16.0 Å². The van der Waals surface area contributed by atoms with Gasteiger partial charge in [-0.3, -0.25) is 0 Å². The van der Waals surface area contributed by atoms with Crippen molar-refractivity contribution in [3.8, 4) is 0 Å². The average Bonchev–Trinajstić information content (AvgIpc) is 2.33. The number of ether oxygens (including phenoxy) is 1. The highest BCUT2D eigenvalue weighted by atomic mass is 32.2. The lowest BCUT2D eigenvalue weighted by Gasteiger charge is -2.20. The first-order chi connectivity index (χ1) is 9.15. The SMILES string of the molecule is CCCOC(=O)c1ccc(S(=O)(=O)NC(C)(C)C)cc1. The van der Waals surface area contributed by atoms with Gasteiger partial charge in [-0.2, -0.15) is 0 Å². The quantitative estimate of drug-likeness (QED) is 0.847. The van der Waals surface area contributed by atoms with E-state index in [9.17, 15) is 13.2 Å². The minimum absolute atomic E-state index is 0.125. The van der Waals surface area contributed by atoms with E-state index in [-0.39, 0.29) is 4.90 Å². The third-order valence-corrected chi connectivity index (χ3v) is 4.05. The Kier molecular flexibility index (Phi) is 5.30. The molecule has 0 aliphatic carbocycles. The van der Waals surface area contributed by atoms with Crippen molar-refractivity contribution in [3.63, 3.8) is 0 Å². The summed E-state index contributed by atoms with van der Waals surface area (Å²) in [5.74, 6) is -0.445. The Morgan fingerprint density at radius 1 is 1.20 bits per heavy atom. The van der Waals surface area contributed by atoms with E-state index in [1.54, 1.807) is 20.8 Å². The summed E-state index contributed by atoms with van der Waals surface area (Å²) in [6.45, 7) is 7.55. The van der Waals surface area contributed by atoms with Gasteiger partial charge in [0.2, 0.25) is 10.0 Å². The number of hydrogen-bond donors (Lipinski definition) is 1.